The van der Waals surface area contributed by atoms with Gasteiger partial charge in [-0.15, -0.1) is 0 Å². The highest BCUT2D eigenvalue weighted by atomic mass is 35.5. The number of hydrogen-bond donors (Lipinski definition) is 3. The first kappa shape index (κ1) is 18.1. The first-order valence-corrected chi connectivity index (χ1v) is 9.03. The van der Waals surface area contributed by atoms with Crippen LogP contribution < -0.4 is 11.1 Å². The molecular weight excluding hydrogens is 359 g/mol. The van der Waals surface area contributed by atoms with Crippen LogP contribution in [0.2, 0.25) is 10.0 Å². The van der Waals surface area contributed by atoms with Gasteiger partial charge in [-0.1, -0.05) is 35.3 Å². The number of amides is 1. The lowest BCUT2D eigenvalue weighted by Crippen LogP contribution is -2.29. The van der Waals surface area contributed by atoms with E-state index >= 15 is 0 Å². The van der Waals surface area contributed by atoms with Gasteiger partial charge < -0.3 is 16.2 Å². The number of primary amides is 1. The molecule has 25 heavy (non-hydrogen) atoms. The van der Waals surface area contributed by atoms with E-state index in [0.717, 1.165) is 42.5 Å². The molecule has 1 aliphatic carbocycles. The summed E-state index contributed by atoms with van der Waals surface area (Å²) >= 11 is 12.0. The Morgan fingerprint density at radius 3 is 2.28 bits per heavy atom. The minimum absolute atomic E-state index is 0.217. The van der Waals surface area contributed by atoms with Crippen molar-refractivity contribution in [3.63, 3.8) is 0 Å². The zero-order chi connectivity index (χ0) is 18.0. The second kappa shape index (κ2) is 7.65. The van der Waals surface area contributed by atoms with E-state index in [4.69, 9.17) is 28.9 Å². The highest BCUT2D eigenvalue weighted by Gasteiger charge is 2.21. The number of aliphatic hydroxyl groups is 1. The van der Waals surface area contributed by atoms with Crippen LogP contribution in [0, 0.1) is 0 Å². The summed E-state index contributed by atoms with van der Waals surface area (Å²) < 4.78 is 0. The van der Waals surface area contributed by atoms with Crippen molar-refractivity contribution in [1.29, 1.82) is 0 Å². The summed E-state index contributed by atoms with van der Waals surface area (Å²) in [4.78, 5) is 11.9. The molecule has 1 amide bonds. The third kappa shape index (κ3) is 4.27. The van der Waals surface area contributed by atoms with Crippen LogP contribution in [0.25, 0.3) is 11.1 Å². The summed E-state index contributed by atoms with van der Waals surface area (Å²) in [5, 5.41) is 14.0. The van der Waals surface area contributed by atoms with E-state index < -0.39 is 5.91 Å². The molecule has 132 valence electrons. The molecule has 1 fully saturated rings. The van der Waals surface area contributed by atoms with Crippen LogP contribution in [0.3, 0.4) is 0 Å². The molecule has 4 N–H and O–H groups in total. The molecule has 1 saturated carbocycles. The van der Waals surface area contributed by atoms with Gasteiger partial charge in [0, 0.05) is 11.7 Å². The van der Waals surface area contributed by atoms with Gasteiger partial charge in [-0.25, -0.2) is 0 Å². The molecule has 0 spiro atoms. The monoisotopic (exact) mass is 378 g/mol. The summed E-state index contributed by atoms with van der Waals surface area (Å²) in [6.45, 7) is 0. The minimum atomic E-state index is -0.486. The van der Waals surface area contributed by atoms with Gasteiger partial charge in [0.25, 0.3) is 5.91 Å². The number of halogens is 2. The van der Waals surface area contributed by atoms with Crippen LogP contribution in [0.5, 0.6) is 0 Å². The summed E-state index contributed by atoms with van der Waals surface area (Å²) in [5.41, 5.74) is 8.45. The van der Waals surface area contributed by atoms with Gasteiger partial charge in [-0.3, -0.25) is 4.79 Å². The zero-order valence-corrected chi connectivity index (χ0v) is 15.1. The van der Waals surface area contributed by atoms with Gasteiger partial charge in [0.1, 0.15) is 0 Å². The molecule has 6 heteroatoms. The molecule has 2 aromatic carbocycles. The van der Waals surface area contributed by atoms with E-state index in [0.29, 0.717) is 15.6 Å². The van der Waals surface area contributed by atoms with Gasteiger partial charge in [0.2, 0.25) is 0 Å². The number of hydrogen-bond acceptors (Lipinski definition) is 3. The average molecular weight is 379 g/mol. The van der Waals surface area contributed by atoms with E-state index in [9.17, 15) is 9.90 Å². The number of carbonyl (C=O) groups excluding carboxylic acids is 1. The fourth-order valence-electron chi connectivity index (χ4n) is 3.17. The molecule has 2 aromatic rings. The lowest BCUT2D eigenvalue weighted by Gasteiger charge is -2.27. The zero-order valence-electron chi connectivity index (χ0n) is 13.6. The van der Waals surface area contributed by atoms with E-state index in [1.165, 1.54) is 0 Å². The lowest BCUT2D eigenvalue weighted by atomic mass is 9.92. The Labute approximate surface area is 156 Å². The van der Waals surface area contributed by atoms with Crippen molar-refractivity contribution < 1.29 is 9.90 Å². The van der Waals surface area contributed by atoms with Crippen LogP contribution >= 0.6 is 23.2 Å². The highest BCUT2D eigenvalue weighted by molar-refractivity contribution is 6.42. The highest BCUT2D eigenvalue weighted by Crippen LogP contribution is 2.31. The first-order valence-electron chi connectivity index (χ1n) is 8.28. The minimum Gasteiger partial charge on any atom is -0.393 e. The fraction of sp³-hybridized carbons (Fsp3) is 0.316. The Balaban J connectivity index is 1.87. The maximum absolute atomic E-state index is 11.9. The molecule has 0 atom stereocenters. The molecule has 4 nitrogen and oxygen atoms in total. The standard InChI is InChI=1S/C19H20Cl2N2O2/c20-16-7-1-12(10-17(16)21)11-2-8-18(15(9-11)19(22)25)23-13-3-5-14(24)6-4-13/h1-2,7-10,13-14,23-24H,3-6H2,(H2,22,25)/t13-,14-. The molecule has 0 saturated heterocycles. The Hall–Kier alpha value is -1.75. The molecule has 0 bridgehead atoms. The average Bonchev–Trinajstić information content (AvgIpc) is 2.59. The van der Waals surface area contributed by atoms with Crippen LogP contribution in [0.15, 0.2) is 36.4 Å². The Bertz CT molecular complexity index is 787. The van der Waals surface area contributed by atoms with E-state index in [-0.39, 0.29) is 12.1 Å². The number of aliphatic hydroxyl groups excluding tert-OH is 1. The molecular formula is C19H20Cl2N2O2. The lowest BCUT2D eigenvalue weighted by molar-refractivity contribution is 0.100. The Kier molecular flexibility index (Phi) is 5.52. The summed E-state index contributed by atoms with van der Waals surface area (Å²) in [6.07, 6.45) is 3.06. The molecule has 0 aromatic heterocycles. The maximum atomic E-state index is 11.9. The van der Waals surface area contributed by atoms with Crippen molar-refractivity contribution in [2.45, 2.75) is 37.8 Å². The number of anilines is 1. The first-order chi connectivity index (χ1) is 11.9. The molecule has 0 heterocycles. The van der Waals surface area contributed by atoms with Gasteiger partial charge in [0.05, 0.1) is 21.7 Å². The van der Waals surface area contributed by atoms with Crippen LogP contribution in [0.1, 0.15) is 36.0 Å². The molecule has 3 rings (SSSR count). The van der Waals surface area contributed by atoms with E-state index in [1.807, 2.05) is 18.2 Å². The molecule has 1 aliphatic rings. The van der Waals surface area contributed by atoms with Gasteiger partial charge in [0.15, 0.2) is 0 Å². The number of rotatable bonds is 4. The number of benzene rings is 2. The summed E-state index contributed by atoms with van der Waals surface area (Å²) in [5.74, 6) is -0.486. The Morgan fingerprint density at radius 1 is 1.00 bits per heavy atom. The predicted molar refractivity (Wildman–Crippen MR) is 102 cm³/mol. The van der Waals surface area contributed by atoms with Gasteiger partial charge >= 0.3 is 0 Å². The van der Waals surface area contributed by atoms with Crippen molar-refractivity contribution >= 4 is 34.8 Å². The quantitative estimate of drug-likeness (QED) is 0.734. The predicted octanol–water partition coefficient (Wildman–Crippen LogP) is 4.47. The van der Waals surface area contributed by atoms with E-state index in [2.05, 4.69) is 5.32 Å². The molecule has 0 aliphatic heterocycles. The van der Waals surface area contributed by atoms with Crippen LogP contribution in [-0.4, -0.2) is 23.2 Å². The second-order valence-corrected chi connectivity index (χ2v) is 7.22. The van der Waals surface area contributed by atoms with Crippen LogP contribution in [-0.2, 0) is 0 Å². The number of nitrogens with two attached hydrogens (primary N) is 1. The largest absolute Gasteiger partial charge is 0.393 e. The van der Waals surface area contributed by atoms with Crippen molar-refractivity contribution in [3.8, 4) is 11.1 Å². The second-order valence-electron chi connectivity index (χ2n) is 6.40. The summed E-state index contributed by atoms with van der Waals surface area (Å²) in [6, 6.07) is 11.1. The molecule has 0 radical (unpaired) electrons. The SMILES string of the molecule is NC(=O)c1cc(-c2ccc(Cl)c(Cl)c2)ccc1N[C@H]1CC[C@H](O)CC1. The number of nitrogens with one attached hydrogen (secondary N) is 1. The van der Waals surface area contributed by atoms with Crippen molar-refractivity contribution in [2.75, 3.05) is 5.32 Å². The topological polar surface area (TPSA) is 75.4 Å². The summed E-state index contributed by atoms with van der Waals surface area (Å²) in [7, 11) is 0. The fourth-order valence-corrected chi connectivity index (χ4v) is 3.47. The van der Waals surface area contributed by atoms with Crippen molar-refractivity contribution in [3.05, 3.63) is 52.0 Å². The number of carbonyl (C=O) groups is 1. The van der Waals surface area contributed by atoms with Crippen molar-refractivity contribution in [2.24, 2.45) is 5.73 Å². The smallest absolute Gasteiger partial charge is 0.250 e. The van der Waals surface area contributed by atoms with Crippen molar-refractivity contribution in [1.82, 2.24) is 0 Å². The van der Waals surface area contributed by atoms with E-state index in [1.54, 1.807) is 18.2 Å². The molecule has 0 unspecified atom stereocenters. The van der Waals surface area contributed by atoms with Gasteiger partial charge in [-0.05, 0) is 61.1 Å². The normalized spacial score (nSPS) is 20.3. The maximum Gasteiger partial charge on any atom is 0.250 e. The van der Waals surface area contributed by atoms with Gasteiger partial charge in [-0.2, -0.15) is 0 Å². The van der Waals surface area contributed by atoms with Crippen LogP contribution in [0.4, 0.5) is 5.69 Å². The third-order valence-corrected chi connectivity index (χ3v) is 5.33. The third-order valence-electron chi connectivity index (χ3n) is 4.59. The Morgan fingerprint density at radius 2 is 1.64 bits per heavy atom.